The first-order valence-electron chi connectivity index (χ1n) is 5.81. The van der Waals surface area contributed by atoms with Crippen molar-refractivity contribution < 1.29 is 13.6 Å². The number of furan rings is 1. The van der Waals surface area contributed by atoms with E-state index in [2.05, 4.69) is 0 Å². The summed E-state index contributed by atoms with van der Waals surface area (Å²) < 4.78 is 18.0. The highest BCUT2D eigenvalue weighted by molar-refractivity contribution is 8.00. The van der Waals surface area contributed by atoms with E-state index in [1.807, 2.05) is 6.92 Å². The first kappa shape index (κ1) is 13.7. The van der Waals surface area contributed by atoms with E-state index in [1.54, 1.807) is 24.5 Å². The van der Waals surface area contributed by atoms with Gasteiger partial charge in [-0.2, -0.15) is 0 Å². The van der Waals surface area contributed by atoms with Crippen molar-refractivity contribution in [3.63, 3.8) is 0 Å². The maximum absolute atomic E-state index is 12.8. The summed E-state index contributed by atoms with van der Waals surface area (Å²) >= 11 is 1.37. The van der Waals surface area contributed by atoms with Crippen LogP contribution in [0.1, 0.15) is 11.3 Å². The van der Waals surface area contributed by atoms with E-state index >= 15 is 0 Å². The number of nitrogens with two attached hydrogens (primary N) is 1. The van der Waals surface area contributed by atoms with Gasteiger partial charge in [0.25, 0.3) is 0 Å². The molecule has 2 aromatic rings. The number of aryl methyl sites for hydroxylation is 1. The fourth-order valence-corrected chi connectivity index (χ4v) is 2.73. The molecule has 0 fully saturated rings. The number of rotatable bonds is 5. The molecule has 1 unspecified atom stereocenters. The third-order valence-electron chi connectivity index (χ3n) is 2.73. The molecule has 0 saturated heterocycles. The van der Waals surface area contributed by atoms with Gasteiger partial charge in [-0.1, -0.05) is 12.1 Å². The largest absolute Gasteiger partial charge is 0.468 e. The molecule has 0 spiro atoms. The zero-order valence-electron chi connectivity index (χ0n) is 10.4. The zero-order valence-corrected chi connectivity index (χ0v) is 11.2. The van der Waals surface area contributed by atoms with Crippen LogP contribution in [-0.4, -0.2) is 11.2 Å². The Morgan fingerprint density at radius 3 is 2.58 bits per heavy atom. The van der Waals surface area contributed by atoms with Gasteiger partial charge in [0.05, 0.1) is 11.5 Å². The first-order valence-corrected chi connectivity index (χ1v) is 6.68. The number of benzene rings is 1. The minimum atomic E-state index is -0.401. The van der Waals surface area contributed by atoms with Crippen LogP contribution in [0.15, 0.2) is 45.9 Å². The number of thioether (sulfide) groups is 1. The summed E-state index contributed by atoms with van der Waals surface area (Å²) in [6.07, 6.45) is 2.04. The molecular formula is C14H14FNO2S. The van der Waals surface area contributed by atoms with Crippen molar-refractivity contribution in [2.45, 2.75) is 23.5 Å². The minimum Gasteiger partial charge on any atom is -0.468 e. The van der Waals surface area contributed by atoms with Crippen molar-refractivity contribution in [2.75, 3.05) is 0 Å². The normalized spacial score (nSPS) is 12.3. The van der Waals surface area contributed by atoms with Crippen LogP contribution >= 0.6 is 11.8 Å². The summed E-state index contributed by atoms with van der Waals surface area (Å²) in [6.45, 7) is 1.83. The van der Waals surface area contributed by atoms with Crippen molar-refractivity contribution >= 4 is 17.7 Å². The van der Waals surface area contributed by atoms with E-state index in [4.69, 9.17) is 10.2 Å². The Kier molecular flexibility index (Phi) is 4.27. The van der Waals surface area contributed by atoms with Crippen LogP contribution in [0.25, 0.3) is 0 Å². The summed E-state index contributed by atoms with van der Waals surface area (Å²) in [6, 6.07) is 7.88. The lowest BCUT2D eigenvalue weighted by Crippen LogP contribution is -2.27. The molecule has 19 heavy (non-hydrogen) atoms. The fourth-order valence-electron chi connectivity index (χ4n) is 1.68. The predicted molar refractivity (Wildman–Crippen MR) is 72.4 cm³/mol. The van der Waals surface area contributed by atoms with Gasteiger partial charge in [0.1, 0.15) is 11.6 Å². The molecule has 1 heterocycles. The van der Waals surface area contributed by atoms with Gasteiger partial charge in [-0.05, 0) is 37.1 Å². The Balaban J connectivity index is 2.10. The number of carbonyl (C=O) groups excluding carboxylic acids is 1. The number of carbonyl (C=O) groups is 1. The van der Waals surface area contributed by atoms with E-state index in [0.717, 1.165) is 16.2 Å². The monoisotopic (exact) mass is 279 g/mol. The van der Waals surface area contributed by atoms with E-state index in [-0.39, 0.29) is 5.82 Å². The van der Waals surface area contributed by atoms with Crippen molar-refractivity contribution in [1.82, 2.24) is 0 Å². The van der Waals surface area contributed by atoms with Gasteiger partial charge >= 0.3 is 0 Å². The molecule has 100 valence electrons. The van der Waals surface area contributed by atoms with Crippen LogP contribution in [-0.2, 0) is 11.2 Å². The van der Waals surface area contributed by atoms with E-state index < -0.39 is 11.2 Å². The Morgan fingerprint density at radius 2 is 2.05 bits per heavy atom. The lowest BCUT2D eigenvalue weighted by Gasteiger charge is -2.12. The van der Waals surface area contributed by atoms with Gasteiger partial charge in [-0.3, -0.25) is 4.79 Å². The second-order valence-corrected chi connectivity index (χ2v) is 5.43. The van der Waals surface area contributed by atoms with Crippen molar-refractivity contribution in [2.24, 2.45) is 5.73 Å². The molecular weight excluding hydrogens is 265 g/mol. The van der Waals surface area contributed by atoms with Crippen molar-refractivity contribution in [3.8, 4) is 0 Å². The molecule has 1 aromatic heterocycles. The standard InChI is InChI=1S/C14H14FNO2S/c1-9-12(6-7-18-9)19-13(14(16)17)8-10-2-4-11(15)5-3-10/h2-7,13H,8H2,1H3,(H2,16,17). The van der Waals surface area contributed by atoms with Crippen LogP contribution in [0.2, 0.25) is 0 Å². The highest BCUT2D eigenvalue weighted by Gasteiger charge is 2.19. The molecule has 0 radical (unpaired) electrons. The van der Waals surface area contributed by atoms with Gasteiger partial charge in [0, 0.05) is 4.90 Å². The van der Waals surface area contributed by atoms with Crippen molar-refractivity contribution in [3.05, 3.63) is 53.7 Å². The predicted octanol–water partition coefficient (Wildman–Crippen LogP) is 2.92. The third kappa shape index (κ3) is 3.61. The van der Waals surface area contributed by atoms with E-state index in [9.17, 15) is 9.18 Å². The molecule has 2 rings (SSSR count). The van der Waals surface area contributed by atoms with E-state index in [0.29, 0.717) is 6.42 Å². The highest BCUT2D eigenvalue weighted by Crippen LogP contribution is 2.29. The lowest BCUT2D eigenvalue weighted by molar-refractivity contribution is -0.117. The number of hydrogen-bond acceptors (Lipinski definition) is 3. The minimum absolute atomic E-state index is 0.294. The molecule has 1 amide bonds. The second-order valence-electron chi connectivity index (χ2n) is 4.18. The molecule has 0 bridgehead atoms. The SMILES string of the molecule is Cc1occc1SC(Cc1ccc(F)cc1)C(N)=O. The molecule has 1 aromatic carbocycles. The molecule has 0 aliphatic heterocycles. The van der Waals surface area contributed by atoms with Crippen LogP contribution < -0.4 is 5.73 Å². The Labute approximate surface area is 115 Å². The molecule has 0 aliphatic carbocycles. The zero-order chi connectivity index (χ0) is 13.8. The molecule has 0 aliphatic rings. The Hall–Kier alpha value is -1.75. The smallest absolute Gasteiger partial charge is 0.231 e. The average Bonchev–Trinajstić information content (AvgIpc) is 2.77. The van der Waals surface area contributed by atoms with Crippen LogP contribution in [0.4, 0.5) is 4.39 Å². The summed E-state index contributed by atoms with van der Waals surface area (Å²) in [5.41, 5.74) is 6.29. The molecule has 0 saturated carbocycles. The number of halogens is 1. The van der Waals surface area contributed by atoms with Crippen LogP contribution in [0.3, 0.4) is 0 Å². The Bertz CT molecular complexity index is 565. The summed E-state index contributed by atoms with van der Waals surface area (Å²) in [5.74, 6) is 0.0722. The molecule has 5 heteroatoms. The summed E-state index contributed by atoms with van der Waals surface area (Å²) in [7, 11) is 0. The van der Waals surface area contributed by atoms with Crippen LogP contribution in [0, 0.1) is 12.7 Å². The topological polar surface area (TPSA) is 56.2 Å². The number of primary amides is 1. The third-order valence-corrected chi connectivity index (χ3v) is 4.09. The fraction of sp³-hybridized carbons (Fsp3) is 0.214. The van der Waals surface area contributed by atoms with E-state index in [1.165, 1.54) is 23.9 Å². The average molecular weight is 279 g/mol. The number of amides is 1. The van der Waals surface area contributed by atoms with Gasteiger partial charge < -0.3 is 10.2 Å². The summed E-state index contributed by atoms with van der Waals surface area (Å²) in [5, 5.41) is -0.401. The quantitative estimate of drug-likeness (QED) is 0.856. The number of hydrogen-bond donors (Lipinski definition) is 1. The highest BCUT2D eigenvalue weighted by atomic mass is 32.2. The second kappa shape index (κ2) is 5.93. The maximum Gasteiger partial charge on any atom is 0.231 e. The van der Waals surface area contributed by atoms with Crippen molar-refractivity contribution in [1.29, 1.82) is 0 Å². The first-order chi connectivity index (χ1) is 9.06. The van der Waals surface area contributed by atoms with Gasteiger partial charge in [-0.25, -0.2) is 4.39 Å². The maximum atomic E-state index is 12.8. The van der Waals surface area contributed by atoms with Crippen LogP contribution in [0.5, 0.6) is 0 Å². The Morgan fingerprint density at radius 1 is 1.37 bits per heavy atom. The summed E-state index contributed by atoms with van der Waals surface area (Å²) in [4.78, 5) is 12.4. The van der Waals surface area contributed by atoms with Gasteiger partial charge in [0.15, 0.2) is 0 Å². The lowest BCUT2D eigenvalue weighted by atomic mass is 10.1. The molecule has 2 N–H and O–H groups in total. The van der Waals surface area contributed by atoms with Gasteiger partial charge in [0.2, 0.25) is 5.91 Å². The molecule has 3 nitrogen and oxygen atoms in total. The molecule has 1 atom stereocenters. The van der Waals surface area contributed by atoms with Gasteiger partial charge in [-0.15, -0.1) is 11.8 Å².